The van der Waals surface area contributed by atoms with E-state index in [1.807, 2.05) is 42.5 Å². The van der Waals surface area contributed by atoms with Gasteiger partial charge in [-0.25, -0.2) is 0 Å². The molecular formula is C27H30N2O5. The largest absolute Gasteiger partial charge is 0.493 e. The van der Waals surface area contributed by atoms with Gasteiger partial charge in [-0.15, -0.1) is 0 Å². The van der Waals surface area contributed by atoms with Crippen LogP contribution in [0.1, 0.15) is 21.5 Å². The molecule has 0 aromatic heterocycles. The SMILES string of the molecule is COc1ccc(CN(C)C(=O)[C@@H](Cc2ccccc2)NC(=O)c2ccccc2)c(OC)c1OC. The van der Waals surface area contributed by atoms with Gasteiger partial charge in [-0.3, -0.25) is 9.59 Å². The minimum Gasteiger partial charge on any atom is -0.493 e. The first-order valence-electron chi connectivity index (χ1n) is 10.9. The summed E-state index contributed by atoms with van der Waals surface area (Å²) < 4.78 is 16.4. The predicted molar refractivity (Wildman–Crippen MR) is 130 cm³/mol. The van der Waals surface area contributed by atoms with Gasteiger partial charge in [0.15, 0.2) is 11.5 Å². The Balaban J connectivity index is 1.84. The Morgan fingerprint density at radius 1 is 0.824 bits per heavy atom. The highest BCUT2D eigenvalue weighted by atomic mass is 16.5. The van der Waals surface area contributed by atoms with E-state index in [0.717, 1.165) is 11.1 Å². The topological polar surface area (TPSA) is 77.1 Å². The summed E-state index contributed by atoms with van der Waals surface area (Å²) in [6.07, 6.45) is 0.367. The molecule has 0 unspecified atom stereocenters. The van der Waals surface area contributed by atoms with Crippen LogP contribution in [0.4, 0.5) is 0 Å². The van der Waals surface area contributed by atoms with Gasteiger partial charge in [-0.05, 0) is 29.8 Å². The first-order valence-corrected chi connectivity index (χ1v) is 10.9. The zero-order valence-electron chi connectivity index (χ0n) is 19.9. The van der Waals surface area contributed by atoms with Gasteiger partial charge in [0.2, 0.25) is 11.7 Å². The lowest BCUT2D eigenvalue weighted by molar-refractivity contribution is -0.132. The maximum atomic E-state index is 13.5. The van der Waals surface area contributed by atoms with E-state index in [1.54, 1.807) is 56.5 Å². The van der Waals surface area contributed by atoms with E-state index in [1.165, 1.54) is 7.11 Å². The van der Waals surface area contributed by atoms with E-state index in [0.29, 0.717) is 29.2 Å². The molecule has 0 aliphatic carbocycles. The maximum Gasteiger partial charge on any atom is 0.251 e. The van der Waals surface area contributed by atoms with Crippen molar-refractivity contribution in [2.75, 3.05) is 28.4 Å². The fraction of sp³-hybridized carbons (Fsp3) is 0.259. The number of nitrogens with zero attached hydrogens (tertiary/aromatic N) is 1. The van der Waals surface area contributed by atoms with Gasteiger partial charge in [0.05, 0.1) is 21.3 Å². The summed E-state index contributed by atoms with van der Waals surface area (Å²) in [4.78, 5) is 27.9. The molecule has 3 rings (SSSR count). The Hall–Kier alpha value is -4.00. The smallest absolute Gasteiger partial charge is 0.251 e. The Labute approximate surface area is 200 Å². The van der Waals surface area contributed by atoms with E-state index in [-0.39, 0.29) is 18.4 Å². The van der Waals surface area contributed by atoms with Crippen molar-refractivity contribution in [1.29, 1.82) is 0 Å². The van der Waals surface area contributed by atoms with Crippen molar-refractivity contribution >= 4 is 11.8 Å². The molecule has 3 aromatic rings. The molecule has 0 bridgehead atoms. The van der Waals surface area contributed by atoms with Crippen molar-refractivity contribution in [2.45, 2.75) is 19.0 Å². The number of hydrogen-bond donors (Lipinski definition) is 1. The van der Waals surface area contributed by atoms with Gasteiger partial charge in [-0.2, -0.15) is 0 Å². The second-order valence-corrected chi connectivity index (χ2v) is 7.77. The van der Waals surface area contributed by atoms with Gasteiger partial charge in [0, 0.05) is 31.1 Å². The molecule has 0 aliphatic heterocycles. The average molecular weight is 463 g/mol. The van der Waals surface area contributed by atoms with Crippen LogP contribution < -0.4 is 19.5 Å². The molecule has 3 aromatic carbocycles. The molecule has 1 N–H and O–H groups in total. The van der Waals surface area contributed by atoms with Crippen LogP contribution >= 0.6 is 0 Å². The van der Waals surface area contributed by atoms with Crippen LogP contribution in [0, 0.1) is 0 Å². The highest BCUT2D eigenvalue weighted by Gasteiger charge is 2.26. The molecule has 2 amide bonds. The lowest BCUT2D eigenvalue weighted by atomic mass is 10.0. The molecule has 0 aliphatic rings. The van der Waals surface area contributed by atoms with Crippen molar-refractivity contribution < 1.29 is 23.8 Å². The number of benzene rings is 3. The van der Waals surface area contributed by atoms with Gasteiger partial charge >= 0.3 is 0 Å². The number of amides is 2. The molecular weight excluding hydrogens is 432 g/mol. The molecule has 0 spiro atoms. The van der Waals surface area contributed by atoms with Crippen molar-refractivity contribution in [3.05, 3.63) is 89.5 Å². The molecule has 0 fully saturated rings. The summed E-state index contributed by atoms with van der Waals surface area (Å²) >= 11 is 0. The molecule has 0 saturated heterocycles. The first-order chi connectivity index (χ1) is 16.5. The van der Waals surface area contributed by atoms with Gasteiger partial charge in [-0.1, -0.05) is 48.5 Å². The lowest BCUT2D eigenvalue weighted by Crippen LogP contribution is -2.48. The molecule has 0 saturated carbocycles. The van der Waals surface area contributed by atoms with E-state index < -0.39 is 6.04 Å². The number of carbonyl (C=O) groups excluding carboxylic acids is 2. The van der Waals surface area contributed by atoms with Crippen molar-refractivity contribution in [2.24, 2.45) is 0 Å². The summed E-state index contributed by atoms with van der Waals surface area (Å²) in [6.45, 7) is 0.259. The third-order valence-corrected chi connectivity index (χ3v) is 5.49. The number of methoxy groups -OCH3 is 3. The Morgan fingerprint density at radius 3 is 2.03 bits per heavy atom. The fourth-order valence-electron chi connectivity index (χ4n) is 3.77. The van der Waals surface area contributed by atoms with E-state index >= 15 is 0 Å². The van der Waals surface area contributed by atoms with Crippen LogP contribution in [0.5, 0.6) is 17.2 Å². The molecule has 0 heterocycles. The van der Waals surface area contributed by atoms with Gasteiger partial charge in [0.1, 0.15) is 6.04 Å². The Bertz CT molecular complexity index is 1100. The first kappa shape index (κ1) is 24.6. The van der Waals surface area contributed by atoms with E-state index in [9.17, 15) is 9.59 Å². The number of carbonyl (C=O) groups is 2. The Kier molecular flexibility index (Phi) is 8.51. The summed E-state index contributed by atoms with van der Waals surface area (Å²) in [5.74, 6) is 0.974. The van der Waals surface area contributed by atoms with Crippen LogP contribution in [0.3, 0.4) is 0 Å². The summed E-state index contributed by atoms with van der Waals surface area (Å²) in [7, 11) is 6.33. The van der Waals surface area contributed by atoms with Gasteiger partial charge < -0.3 is 24.4 Å². The highest BCUT2D eigenvalue weighted by Crippen LogP contribution is 2.40. The fourth-order valence-corrected chi connectivity index (χ4v) is 3.77. The second-order valence-electron chi connectivity index (χ2n) is 7.77. The van der Waals surface area contributed by atoms with E-state index in [4.69, 9.17) is 14.2 Å². The number of likely N-dealkylation sites (N-methyl/N-ethyl adjacent to an activating group) is 1. The van der Waals surface area contributed by atoms with Crippen LogP contribution in [0.2, 0.25) is 0 Å². The normalized spacial score (nSPS) is 11.3. The van der Waals surface area contributed by atoms with Crippen molar-refractivity contribution in [3.8, 4) is 17.2 Å². The molecule has 7 heteroatoms. The second kappa shape index (κ2) is 11.7. The average Bonchev–Trinajstić information content (AvgIpc) is 2.88. The lowest BCUT2D eigenvalue weighted by Gasteiger charge is -2.26. The van der Waals surface area contributed by atoms with Crippen molar-refractivity contribution in [3.63, 3.8) is 0 Å². The molecule has 7 nitrogen and oxygen atoms in total. The van der Waals surface area contributed by atoms with Crippen molar-refractivity contribution in [1.82, 2.24) is 10.2 Å². The highest BCUT2D eigenvalue weighted by molar-refractivity contribution is 5.97. The third kappa shape index (κ3) is 5.86. The maximum absolute atomic E-state index is 13.5. The number of ether oxygens (including phenoxy) is 3. The zero-order valence-corrected chi connectivity index (χ0v) is 19.9. The zero-order chi connectivity index (χ0) is 24.5. The standard InChI is InChI=1S/C27H30N2O5/c1-29(18-21-15-16-23(32-2)25(34-4)24(21)33-3)27(31)22(17-19-11-7-5-8-12-19)28-26(30)20-13-9-6-10-14-20/h5-16,22H,17-18H2,1-4H3,(H,28,30)/t22-/m1/s1. The number of hydrogen-bond acceptors (Lipinski definition) is 5. The molecule has 34 heavy (non-hydrogen) atoms. The monoisotopic (exact) mass is 462 g/mol. The van der Waals surface area contributed by atoms with Gasteiger partial charge in [0.25, 0.3) is 5.91 Å². The number of rotatable bonds is 10. The van der Waals surface area contributed by atoms with Crippen LogP contribution in [-0.4, -0.2) is 51.1 Å². The molecule has 178 valence electrons. The predicted octanol–water partition coefficient (Wildman–Crippen LogP) is 3.71. The number of nitrogens with one attached hydrogen (secondary N) is 1. The minimum absolute atomic E-state index is 0.218. The van der Waals surface area contributed by atoms with Crippen LogP contribution in [0.15, 0.2) is 72.8 Å². The Morgan fingerprint density at radius 2 is 1.44 bits per heavy atom. The quantitative estimate of drug-likeness (QED) is 0.497. The summed E-state index contributed by atoms with van der Waals surface area (Å²) in [6, 6.07) is 21.3. The van der Waals surface area contributed by atoms with E-state index in [2.05, 4.69) is 5.32 Å². The minimum atomic E-state index is -0.744. The van der Waals surface area contributed by atoms with Crippen LogP contribution in [-0.2, 0) is 17.8 Å². The third-order valence-electron chi connectivity index (χ3n) is 5.49. The summed E-state index contributed by atoms with van der Waals surface area (Å²) in [5, 5.41) is 2.91. The summed E-state index contributed by atoms with van der Waals surface area (Å²) in [5.41, 5.74) is 2.20. The molecule has 0 radical (unpaired) electrons. The molecule has 1 atom stereocenters. The van der Waals surface area contributed by atoms with Crippen LogP contribution in [0.25, 0.3) is 0 Å².